The van der Waals surface area contributed by atoms with Crippen molar-refractivity contribution < 1.29 is 14.3 Å². The van der Waals surface area contributed by atoms with Crippen LogP contribution in [0.5, 0.6) is 5.75 Å². The molecule has 0 unspecified atom stereocenters. The third kappa shape index (κ3) is 5.87. The molecule has 0 fully saturated rings. The van der Waals surface area contributed by atoms with Gasteiger partial charge in [-0.1, -0.05) is 65.9 Å². The highest BCUT2D eigenvalue weighted by Gasteiger charge is 2.09. The van der Waals surface area contributed by atoms with Gasteiger partial charge in [0.1, 0.15) is 5.75 Å². The van der Waals surface area contributed by atoms with Gasteiger partial charge >= 0.3 is 5.97 Å². The predicted octanol–water partition coefficient (Wildman–Crippen LogP) is 7.82. The van der Waals surface area contributed by atoms with E-state index in [-0.39, 0.29) is 5.97 Å². The number of carbonyl (C=O) groups excluding carboxylic acids is 1. The van der Waals surface area contributed by atoms with Crippen LogP contribution in [0.3, 0.4) is 0 Å². The van der Waals surface area contributed by atoms with Crippen LogP contribution in [0.2, 0.25) is 0 Å². The first-order chi connectivity index (χ1) is 18.5. The van der Waals surface area contributed by atoms with Crippen LogP contribution in [0.4, 0.5) is 5.13 Å². The predicted molar refractivity (Wildman–Crippen MR) is 157 cm³/mol. The van der Waals surface area contributed by atoms with E-state index in [4.69, 9.17) is 14.5 Å². The van der Waals surface area contributed by atoms with Crippen molar-refractivity contribution in [3.05, 3.63) is 107 Å². The van der Waals surface area contributed by atoms with Crippen LogP contribution >= 0.6 is 11.3 Å². The third-order valence-electron chi connectivity index (χ3n) is 6.60. The Bertz CT molecular complexity index is 1580. The Kier molecular flexibility index (Phi) is 7.70. The normalized spacial score (nSPS) is 11.6. The number of anilines is 1. The van der Waals surface area contributed by atoms with E-state index in [0.717, 1.165) is 39.2 Å². The summed E-state index contributed by atoms with van der Waals surface area (Å²) in [6.45, 7) is 5.42. The molecule has 0 spiro atoms. The Balaban J connectivity index is 1.34. The summed E-state index contributed by atoms with van der Waals surface area (Å²) in [4.78, 5) is 16.6. The van der Waals surface area contributed by atoms with Crippen LogP contribution in [0.25, 0.3) is 27.1 Å². The zero-order valence-electron chi connectivity index (χ0n) is 21.8. The van der Waals surface area contributed by atoms with Crippen molar-refractivity contribution >= 4 is 49.5 Å². The molecule has 5 aromatic rings. The molecule has 0 amide bonds. The SMILES string of the molecule is COC(=O)c1ccc(C=C(CCOc2cccc3ccccc23)CNc2nc3cc(C)c(C)cc3s2)cc1. The highest BCUT2D eigenvalue weighted by molar-refractivity contribution is 7.22. The molecule has 192 valence electrons. The summed E-state index contributed by atoms with van der Waals surface area (Å²) < 4.78 is 12.2. The third-order valence-corrected chi connectivity index (χ3v) is 7.58. The van der Waals surface area contributed by atoms with Gasteiger partial charge < -0.3 is 14.8 Å². The fourth-order valence-electron chi connectivity index (χ4n) is 4.34. The van der Waals surface area contributed by atoms with Gasteiger partial charge in [-0.05, 0) is 71.8 Å². The summed E-state index contributed by atoms with van der Waals surface area (Å²) >= 11 is 1.67. The van der Waals surface area contributed by atoms with Crippen molar-refractivity contribution in [1.29, 1.82) is 0 Å². The molecule has 5 nitrogen and oxygen atoms in total. The molecule has 1 aromatic heterocycles. The lowest BCUT2D eigenvalue weighted by molar-refractivity contribution is 0.0600. The smallest absolute Gasteiger partial charge is 0.337 e. The highest BCUT2D eigenvalue weighted by atomic mass is 32.1. The van der Waals surface area contributed by atoms with Gasteiger partial charge in [-0.25, -0.2) is 9.78 Å². The van der Waals surface area contributed by atoms with E-state index < -0.39 is 0 Å². The van der Waals surface area contributed by atoms with E-state index in [1.807, 2.05) is 36.4 Å². The van der Waals surface area contributed by atoms with Crippen LogP contribution in [0.1, 0.15) is 33.5 Å². The molecule has 0 bridgehead atoms. The Hall–Kier alpha value is -4.16. The number of fused-ring (bicyclic) bond motifs is 2. The van der Waals surface area contributed by atoms with Gasteiger partial charge in [0, 0.05) is 18.4 Å². The first kappa shape index (κ1) is 25.5. The zero-order chi connectivity index (χ0) is 26.5. The summed E-state index contributed by atoms with van der Waals surface area (Å²) in [6, 6.07) is 26.2. The molecular weight excluding hydrogens is 492 g/mol. The van der Waals surface area contributed by atoms with Gasteiger partial charge in [0.15, 0.2) is 5.13 Å². The molecule has 38 heavy (non-hydrogen) atoms. The molecule has 1 N–H and O–H groups in total. The minimum atomic E-state index is -0.341. The maximum Gasteiger partial charge on any atom is 0.337 e. The molecular formula is C32H30N2O3S. The average Bonchev–Trinajstić information content (AvgIpc) is 3.33. The summed E-state index contributed by atoms with van der Waals surface area (Å²) in [5.74, 6) is 0.543. The number of benzene rings is 4. The fourth-order valence-corrected chi connectivity index (χ4v) is 5.28. The van der Waals surface area contributed by atoms with Crippen molar-refractivity contribution in [2.24, 2.45) is 0 Å². The van der Waals surface area contributed by atoms with Crippen molar-refractivity contribution in [3.63, 3.8) is 0 Å². The lowest BCUT2D eigenvalue weighted by Gasteiger charge is -2.12. The molecule has 0 aliphatic rings. The number of aryl methyl sites for hydroxylation is 2. The van der Waals surface area contributed by atoms with Crippen molar-refractivity contribution in [2.45, 2.75) is 20.3 Å². The maximum atomic E-state index is 11.8. The molecule has 0 saturated heterocycles. The minimum absolute atomic E-state index is 0.341. The van der Waals surface area contributed by atoms with Gasteiger partial charge in [-0.2, -0.15) is 0 Å². The number of carbonyl (C=O) groups is 1. The summed E-state index contributed by atoms with van der Waals surface area (Å²) in [6.07, 6.45) is 2.88. The quantitative estimate of drug-likeness (QED) is 0.200. The second-order valence-corrected chi connectivity index (χ2v) is 10.3. The molecule has 5 rings (SSSR count). The van der Waals surface area contributed by atoms with E-state index in [2.05, 4.69) is 55.6 Å². The Morgan fingerprint density at radius 3 is 2.55 bits per heavy atom. The number of hydrogen-bond donors (Lipinski definition) is 1. The Morgan fingerprint density at radius 1 is 0.974 bits per heavy atom. The number of hydrogen-bond acceptors (Lipinski definition) is 6. The van der Waals surface area contributed by atoms with E-state index in [1.54, 1.807) is 23.5 Å². The Morgan fingerprint density at radius 2 is 1.74 bits per heavy atom. The second kappa shape index (κ2) is 11.5. The number of esters is 1. The van der Waals surface area contributed by atoms with Crippen LogP contribution < -0.4 is 10.1 Å². The number of nitrogens with one attached hydrogen (secondary N) is 1. The summed E-state index contributed by atoms with van der Waals surface area (Å²) in [5, 5.41) is 6.69. The fraction of sp³-hybridized carbons (Fsp3) is 0.188. The molecule has 0 atom stereocenters. The van der Waals surface area contributed by atoms with Gasteiger partial charge in [-0.3, -0.25) is 0 Å². The standard InChI is InChI=1S/C32H30N2O3S/c1-21-17-28-30(18-22(21)2)38-32(34-28)33-20-24(19-23-11-13-26(14-12-23)31(35)36-3)15-16-37-29-10-6-8-25-7-4-5-9-27(25)29/h4-14,17-19H,15-16,20H2,1-3H3,(H,33,34). The summed E-state index contributed by atoms with van der Waals surface area (Å²) in [5.41, 5.74) is 6.25. The minimum Gasteiger partial charge on any atom is -0.493 e. The number of nitrogens with zero attached hydrogens (tertiary/aromatic N) is 1. The van der Waals surface area contributed by atoms with Gasteiger partial charge in [-0.15, -0.1) is 0 Å². The van der Waals surface area contributed by atoms with E-state index in [0.29, 0.717) is 18.7 Å². The number of aromatic nitrogens is 1. The number of ether oxygens (including phenoxy) is 2. The Labute approximate surface area is 226 Å². The van der Waals surface area contributed by atoms with Gasteiger partial charge in [0.2, 0.25) is 0 Å². The van der Waals surface area contributed by atoms with Gasteiger partial charge in [0.25, 0.3) is 0 Å². The molecule has 0 radical (unpaired) electrons. The number of methoxy groups -OCH3 is 1. The molecule has 1 heterocycles. The van der Waals surface area contributed by atoms with E-state index >= 15 is 0 Å². The first-order valence-corrected chi connectivity index (χ1v) is 13.4. The number of rotatable bonds is 9. The second-order valence-electron chi connectivity index (χ2n) is 9.27. The van der Waals surface area contributed by atoms with Gasteiger partial charge in [0.05, 0.1) is 29.5 Å². The molecule has 0 aliphatic heterocycles. The van der Waals surface area contributed by atoms with Crippen molar-refractivity contribution in [2.75, 3.05) is 25.6 Å². The monoisotopic (exact) mass is 522 g/mol. The maximum absolute atomic E-state index is 11.8. The lowest BCUT2D eigenvalue weighted by atomic mass is 10.1. The van der Waals surface area contributed by atoms with Crippen LogP contribution in [-0.4, -0.2) is 31.2 Å². The topological polar surface area (TPSA) is 60.5 Å². The summed E-state index contributed by atoms with van der Waals surface area (Å²) in [7, 11) is 1.39. The molecule has 0 saturated carbocycles. The first-order valence-electron chi connectivity index (χ1n) is 12.6. The van der Waals surface area contributed by atoms with Crippen molar-refractivity contribution in [1.82, 2.24) is 4.98 Å². The molecule has 6 heteroatoms. The number of thiazole rings is 1. The highest BCUT2D eigenvalue weighted by Crippen LogP contribution is 2.29. The average molecular weight is 523 g/mol. The van der Waals surface area contributed by atoms with Crippen LogP contribution in [0, 0.1) is 13.8 Å². The molecule has 0 aliphatic carbocycles. The van der Waals surface area contributed by atoms with Crippen LogP contribution in [-0.2, 0) is 4.74 Å². The largest absolute Gasteiger partial charge is 0.493 e. The zero-order valence-corrected chi connectivity index (χ0v) is 22.6. The van der Waals surface area contributed by atoms with Crippen LogP contribution in [0.15, 0.2) is 84.4 Å². The van der Waals surface area contributed by atoms with Crippen molar-refractivity contribution in [3.8, 4) is 5.75 Å². The van der Waals surface area contributed by atoms with E-state index in [9.17, 15) is 4.79 Å². The lowest BCUT2D eigenvalue weighted by Crippen LogP contribution is -2.08. The van der Waals surface area contributed by atoms with E-state index in [1.165, 1.54) is 28.5 Å². The molecule has 4 aromatic carbocycles.